The van der Waals surface area contributed by atoms with E-state index >= 15 is 0 Å². The molecule has 2 amide bonds. The van der Waals surface area contributed by atoms with Crippen LogP contribution in [0.1, 0.15) is 132 Å². The van der Waals surface area contributed by atoms with Gasteiger partial charge in [0, 0.05) is 90.7 Å². The topological polar surface area (TPSA) is 388 Å². The van der Waals surface area contributed by atoms with Crippen molar-refractivity contribution in [1.82, 2.24) is 18.7 Å². The molecule has 2 aliphatic heterocycles. The number of aromatic carboxylic acids is 2. The zero-order valence-electron chi connectivity index (χ0n) is 62.2. The molecule has 6 heterocycles. The van der Waals surface area contributed by atoms with Gasteiger partial charge in [0.1, 0.15) is 26.8 Å². The number of anilines is 2. The van der Waals surface area contributed by atoms with E-state index in [1.165, 1.54) is 53.5 Å². The molecule has 108 heavy (non-hydrogen) atoms. The summed E-state index contributed by atoms with van der Waals surface area (Å²) in [5, 5.41) is 59.7. The average Bonchev–Trinajstić information content (AvgIpc) is 1.61. The van der Waals surface area contributed by atoms with E-state index < -0.39 is 38.8 Å². The van der Waals surface area contributed by atoms with Crippen molar-refractivity contribution in [2.75, 3.05) is 36.4 Å². The van der Waals surface area contributed by atoms with Crippen LogP contribution in [0.25, 0.3) is 49.7 Å². The predicted octanol–water partition coefficient (Wildman–Crippen LogP) is 12.0. The normalized spacial score (nSPS) is 13.2. The van der Waals surface area contributed by atoms with E-state index in [0.717, 1.165) is 65.3 Å². The van der Waals surface area contributed by atoms with Crippen molar-refractivity contribution in [2.45, 2.75) is 130 Å². The number of benzene rings is 6. The van der Waals surface area contributed by atoms with Crippen LogP contribution in [0, 0.1) is 0 Å². The number of nitrogens with one attached hydrogen (secondary N) is 1. The number of aliphatic hydroxyl groups is 3. The van der Waals surface area contributed by atoms with Gasteiger partial charge in [0.2, 0.25) is 0 Å². The number of nitrogens with zero attached hydrogens (tertiary/aromatic N) is 7. The highest BCUT2D eigenvalue weighted by atomic mass is 79.9. The van der Waals surface area contributed by atoms with Gasteiger partial charge in [-0.05, 0) is 162 Å². The summed E-state index contributed by atoms with van der Waals surface area (Å²) in [4.78, 5) is 97.0. The lowest BCUT2D eigenvalue weighted by molar-refractivity contribution is -0.152. The summed E-state index contributed by atoms with van der Waals surface area (Å²) in [6.07, 6.45) is 9.01. The monoisotopic (exact) mass is 1540 g/mol. The number of hydrazone groups is 2. The molecule has 570 valence electrons. The molecule has 0 saturated carbocycles. The molecule has 0 unspecified atom stereocenters. The number of amidine groups is 2. The lowest BCUT2D eigenvalue weighted by Gasteiger charge is -2.25. The van der Waals surface area contributed by atoms with Crippen molar-refractivity contribution in [1.29, 1.82) is 0 Å². The number of carbonyl (C=O) groups excluding carboxylic acids is 6. The fraction of sp³-hybridized carbons (Fsp3) is 0.300. The fourth-order valence-corrected chi connectivity index (χ4v) is 11.4. The van der Waals surface area contributed by atoms with E-state index in [1.807, 2.05) is 157 Å². The first-order chi connectivity index (χ1) is 51.2. The minimum atomic E-state index is -1.06. The van der Waals surface area contributed by atoms with Crippen molar-refractivity contribution in [3.05, 3.63) is 209 Å². The number of halogens is 1. The number of esters is 4. The number of hydrogen-bond acceptors (Lipinski definition) is 19. The number of alkyl halides is 1. The molecule has 10 aromatic rings. The highest BCUT2D eigenvalue weighted by molar-refractivity contribution is 9.10. The first-order valence-electron chi connectivity index (χ1n) is 34.4. The maximum atomic E-state index is 13.1. The molecule has 0 saturated heterocycles. The summed E-state index contributed by atoms with van der Waals surface area (Å²) in [6.45, 7) is 22.9. The Hall–Kier alpha value is -11.7. The van der Waals surface area contributed by atoms with E-state index in [1.54, 1.807) is 67.7 Å². The molecular formula is C80H91BrN10O17. The number of hydrogen-bond donors (Lipinski definition) is 8. The third kappa shape index (κ3) is 19.5. The molecule has 6 aromatic carbocycles. The molecule has 0 radical (unpaired) electrons. The van der Waals surface area contributed by atoms with E-state index in [9.17, 15) is 48.6 Å². The number of fused-ring (bicyclic) bond motifs is 4. The Balaban J connectivity index is 0.000000191. The average molecular weight is 1540 g/mol. The van der Waals surface area contributed by atoms with Gasteiger partial charge in [-0.25, -0.2) is 24.0 Å². The van der Waals surface area contributed by atoms with Crippen molar-refractivity contribution < 1.29 is 82.8 Å². The number of ether oxygens (including phenoxy) is 4. The predicted molar refractivity (Wildman–Crippen MR) is 417 cm³/mol. The molecule has 10 N–H and O–H groups in total. The maximum absolute atomic E-state index is 13.1. The second kappa shape index (κ2) is 36.5. The van der Waals surface area contributed by atoms with Gasteiger partial charge in [-0.3, -0.25) is 14.4 Å². The zero-order chi connectivity index (χ0) is 79.6. The third-order valence-corrected chi connectivity index (χ3v) is 17.5. The number of carboxylic acids is 2. The molecule has 27 nitrogen and oxygen atoms in total. The molecule has 0 spiro atoms. The van der Waals surface area contributed by atoms with E-state index in [4.69, 9.17) is 45.7 Å². The van der Waals surface area contributed by atoms with Crippen molar-refractivity contribution in [3.63, 3.8) is 0 Å². The number of carboxylic acid groups (broad SMARTS) is 2. The lowest BCUT2D eigenvalue weighted by Crippen LogP contribution is -2.37. The fourth-order valence-electron chi connectivity index (χ4n) is 11.3. The summed E-state index contributed by atoms with van der Waals surface area (Å²) in [6, 6.07) is 42.5. The van der Waals surface area contributed by atoms with Gasteiger partial charge < -0.3 is 74.6 Å². The number of carbonyl (C=O) groups is 8. The highest BCUT2D eigenvalue weighted by Crippen LogP contribution is 2.34. The quantitative estimate of drug-likeness (QED) is 0.0161. The van der Waals surface area contributed by atoms with E-state index in [0.29, 0.717) is 36.8 Å². The Morgan fingerprint density at radius 3 is 1.24 bits per heavy atom. The van der Waals surface area contributed by atoms with Gasteiger partial charge in [-0.2, -0.15) is 15.1 Å². The Morgan fingerprint density at radius 2 is 0.861 bits per heavy atom. The molecule has 0 atom stereocenters. The first-order valence-corrected chi connectivity index (χ1v) is 35.2. The van der Waals surface area contributed by atoms with Crippen LogP contribution in [-0.2, 0) is 84.2 Å². The number of nitrogens with two attached hydrogens (primary N) is 2. The minimum Gasteiger partial charge on any atom is -0.478 e. The molecule has 4 aromatic heterocycles. The standard InChI is InChI=1S/C25H24N4O5.2C15H19NO3.C10H9N3O3.C9H9NO.C6H11BrO2/c1-4-34-24(33)25(2,3)28-14-16(18-7-5-6-8-20(18)28)13-19-21(26)27-29(22(19)30)17-11-9-15(10-12-17)23(31)32;2*1-4-19-14(18)15(2,3)16-9-11(10-17)12-7-5-6-8-13(12)16;11-8-5-9(14)13(12-8)7-3-1-6(2-4-7)10(15)16;11-6-7-5-10-9-4-2-1-3-8(7)9;1-4-9-5(8)6(2,3)7/h5-14H,4H2,1-3H3,(H2,26,27)(H,31,32);2*5-9,17H,4,10H2,1-3H3;1-4H,5H2,(H2,11,12)(H,15,16);1-5,10-11H,6H2;4H2,1-3H3/b19-13-;;;;;. The van der Waals surface area contributed by atoms with Crippen LogP contribution < -0.4 is 21.5 Å². The summed E-state index contributed by atoms with van der Waals surface area (Å²) >= 11 is 3.17. The second-order valence-electron chi connectivity index (χ2n) is 26.3. The number of aromatic amines is 1. The smallest absolute Gasteiger partial charge is 0.335 e. The minimum absolute atomic E-state index is 0.0359. The third-order valence-electron chi connectivity index (χ3n) is 17.1. The van der Waals surface area contributed by atoms with Gasteiger partial charge in [0.15, 0.2) is 5.84 Å². The van der Waals surface area contributed by atoms with Crippen LogP contribution >= 0.6 is 15.9 Å². The van der Waals surface area contributed by atoms with Gasteiger partial charge in [0.25, 0.3) is 11.8 Å². The molecule has 12 rings (SSSR count). The van der Waals surface area contributed by atoms with Crippen molar-refractivity contribution >= 4 is 136 Å². The van der Waals surface area contributed by atoms with Gasteiger partial charge in [0.05, 0.1) is 80.7 Å². The Kier molecular flexibility index (Phi) is 28.3. The SMILES string of the molecule is CCOC(=O)C(C)(C)Br.CCOC(=O)C(C)(C)n1cc(/C=C2\C(=O)N(c3ccc(C(=O)O)cc3)N=C2N)c2ccccc21.CCOC(=O)C(C)(C)n1cc(CO)c2ccccc21.CCOC(=O)C(C)(C)n1cc(CO)c2ccccc21.NC1=NN(c2ccc(C(=O)O)cc2)C(=O)C1.OCc1c[nH]c2ccccc12. The summed E-state index contributed by atoms with van der Waals surface area (Å²) in [5.74, 6) is -3.59. The van der Waals surface area contributed by atoms with Crippen molar-refractivity contribution in [2.24, 2.45) is 21.7 Å². The molecule has 2 aliphatic rings. The van der Waals surface area contributed by atoms with Crippen LogP contribution in [0.2, 0.25) is 0 Å². The molecule has 0 bridgehead atoms. The Morgan fingerprint density at radius 1 is 0.491 bits per heavy atom. The molecule has 0 fully saturated rings. The Bertz CT molecular complexity index is 4890. The van der Waals surface area contributed by atoms with Crippen LogP contribution in [0.5, 0.6) is 0 Å². The highest BCUT2D eigenvalue weighted by Gasteiger charge is 2.37. The largest absolute Gasteiger partial charge is 0.478 e. The molecule has 28 heteroatoms. The number of aromatic nitrogens is 4. The zero-order valence-corrected chi connectivity index (χ0v) is 63.8. The van der Waals surface area contributed by atoms with Crippen LogP contribution in [-0.4, -0.2) is 134 Å². The summed E-state index contributed by atoms with van der Waals surface area (Å²) in [5.41, 5.74) is 17.3. The number of aliphatic hydroxyl groups excluding tert-OH is 3. The van der Waals surface area contributed by atoms with Crippen molar-refractivity contribution in [3.8, 4) is 0 Å². The maximum Gasteiger partial charge on any atom is 0.335 e. The van der Waals surface area contributed by atoms with Gasteiger partial charge in [-0.15, -0.1) is 5.10 Å². The number of para-hydroxylation sites is 4. The summed E-state index contributed by atoms with van der Waals surface area (Å²) < 4.78 is 25.3. The number of H-pyrrole nitrogens is 1. The second-order valence-corrected chi connectivity index (χ2v) is 28.2. The van der Waals surface area contributed by atoms with Crippen LogP contribution in [0.15, 0.2) is 186 Å². The number of rotatable bonds is 19. The summed E-state index contributed by atoms with van der Waals surface area (Å²) in [7, 11) is 0. The Labute approximate surface area is 632 Å². The lowest BCUT2D eigenvalue weighted by atomic mass is 10.1. The first kappa shape index (κ1) is 83.6. The van der Waals surface area contributed by atoms with Gasteiger partial charge in [-0.1, -0.05) is 88.7 Å². The van der Waals surface area contributed by atoms with Crippen LogP contribution in [0.3, 0.4) is 0 Å². The van der Waals surface area contributed by atoms with Crippen LogP contribution in [0.4, 0.5) is 11.4 Å². The molecule has 0 aliphatic carbocycles. The van der Waals surface area contributed by atoms with E-state index in [-0.39, 0.29) is 91.0 Å². The van der Waals surface area contributed by atoms with E-state index in [2.05, 4.69) is 31.1 Å². The van der Waals surface area contributed by atoms with Gasteiger partial charge >= 0.3 is 35.8 Å². The number of amides is 2. The molecular weight excluding hydrogens is 1450 g/mol.